The summed E-state index contributed by atoms with van der Waals surface area (Å²) < 4.78 is 0. The number of amides is 2. The van der Waals surface area contributed by atoms with Crippen molar-refractivity contribution in [2.24, 2.45) is 11.5 Å². The maximum absolute atomic E-state index is 11.6. The molecule has 0 fully saturated rings. The first-order chi connectivity index (χ1) is 7.93. The van der Waals surface area contributed by atoms with Crippen LogP contribution in [-0.4, -0.2) is 22.8 Å². The molecule has 0 aliphatic heterocycles. The Balaban J connectivity index is 2.64. The van der Waals surface area contributed by atoms with Crippen molar-refractivity contribution >= 4 is 28.3 Å². The Kier molecular flexibility index (Phi) is 4.59. The lowest BCUT2D eigenvalue weighted by molar-refractivity contribution is -0.123. The molecule has 1 atom stereocenters. The fourth-order valence-electron chi connectivity index (χ4n) is 1.32. The highest BCUT2D eigenvalue weighted by Gasteiger charge is 2.17. The minimum Gasteiger partial charge on any atom is -0.370 e. The van der Waals surface area contributed by atoms with E-state index < -0.39 is 17.9 Å². The van der Waals surface area contributed by atoms with E-state index in [0.717, 1.165) is 17.0 Å². The van der Waals surface area contributed by atoms with Crippen molar-refractivity contribution in [3.8, 4) is 0 Å². The SMILES string of the molecule is CCc1nc(NC(=O)C(N)CC(N)=O)sc1C. The lowest BCUT2D eigenvalue weighted by Gasteiger charge is -2.07. The highest BCUT2D eigenvalue weighted by atomic mass is 32.1. The van der Waals surface area contributed by atoms with Crippen LogP contribution >= 0.6 is 11.3 Å². The minimum atomic E-state index is -0.929. The molecule has 6 nitrogen and oxygen atoms in total. The molecular weight excluding hydrogens is 240 g/mol. The van der Waals surface area contributed by atoms with E-state index in [-0.39, 0.29) is 6.42 Å². The number of rotatable bonds is 5. The lowest BCUT2D eigenvalue weighted by atomic mass is 10.2. The van der Waals surface area contributed by atoms with Gasteiger partial charge in [-0.05, 0) is 13.3 Å². The second kappa shape index (κ2) is 5.74. The van der Waals surface area contributed by atoms with Gasteiger partial charge >= 0.3 is 0 Å². The average molecular weight is 256 g/mol. The van der Waals surface area contributed by atoms with E-state index in [0.29, 0.717) is 5.13 Å². The molecular formula is C10H16N4O2S. The number of hydrogen-bond acceptors (Lipinski definition) is 5. The third-order valence-corrected chi connectivity index (χ3v) is 3.14. The van der Waals surface area contributed by atoms with E-state index in [4.69, 9.17) is 11.5 Å². The third-order valence-electron chi connectivity index (χ3n) is 2.22. The van der Waals surface area contributed by atoms with E-state index >= 15 is 0 Å². The summed E-state index contributed by atoms with van der Waals surface area (Å²) in [6.07, 6.45) is 0.641. The van der Waals surface area contributed by atoms with Crippen LogP contribution in [0.5, 0.6) is 0 Å². The zero-order chi connectivity index (χ0) is 13.0. The van der Waals surface area contributed by atoms with Gasteiger partial charge in [-0.25, -0.2) is 4.98 Å². The van der Waals surface area contributed by atoms with Crippen molar-refractivity contribution in [1.29, 1.82) is 0 Å². The summed E-state index contributed by atoms with van der Waals surface area (Å²) in [5, 5.41) is 3.08. The van der Waals surface area contributed by atoms with E-state index in [1.165, 1.54) is 11.3 Å². The number of aromatic nitrogens is 1. The second-order valence-electron chi connectivity index (χ2n) is 3.64. The first kappa shape index (κ1) is 13.6. The van der Waals surface area contributed by atoms with Crippen molar-refractivity contribution in [2.45, 2.75) is 32.7 Å². The number of nitrogens with zero attached hydrogens (tertiary/aromatic N) is 1. The van der Waals surface area contributed by atoms with Crippen LogP contribution in [-0.2, 0) is 16.0 Å². The van der Waals surface area contributed by atoms with Gasteiger partial charge in [-0.3, -0.25) is 9.59 Å². The molecule has 94 valence electrons. The van der Waals surface area contributed by atoms with Crippen molar-refractivity contribution in [1.82, 2.24) is 4.98 Å². The molecule has 1 aromatic rings. The molecule has 17 heavy (non-hydrogen) atoms. The van der Waals surface area contributed by atoms with Crippen molar-refractivity contribution in [2.75, 3.05) is 5.32 Å². The molecule has 1 unspecified atom stereocenters. The monoisotopic (exact) mass is 256 g/mol. The fourth-order valence-corrected chi connectivity index (χ4v) is 2.22. The van der Waals surface area contributed by atoms with Crippen LogP contribution in [0.25, 0.3) is 0 Å². The molecule has 0 aromatic carbocycles. The lowest BCUT2D eigenvalue weighted by Crippen LogP contribution is -2.38. The Bertz CT molecular complexity index is 430. The molecule has 0 aliphatic carbocycles. The van der Waals surface area contributed by atoms with Gasteiger partial charge in [-0.1, -0.05) is 6.92 Å². The highest BCUT2D eigenvalue weighted by Crippen LogP contribution is 2.22. The highest BCUT2D eigenvalue weighted by molar-refractivity contribution is 7.15. The van der Waals surface area contributed by atoms with Gasteiger partial charge in [0.2, 0.25) is 11.8 Å². The van der Waals surface area contributed by atoms with Gasteiger partial charge in [-0.15, -0.1) is 11.3 Å². The van der Waals surface area contributed by atoms with Crippen LogP contribution in [0.15, 0.2) is 0 Å². The topological polar surface area (TPSA) is 111 Å². The van der Waals surface area contributed by atoms with Crippen LogP contribution < -0.4 is 16.8 Å². The van der Waals surface area contributed by atoms with Gasteiger partial charge in [0.05, 0.1) is 18.2 Å². The molecule has 0 saturated carbocycles. The van der Waals surface area contributed by atoms with Crippen LogP contribution in [0, 0.1) is 6.92 Å². The first-order valence-corrected chi connectivity index (χ1v) is 6.06. The van der Waals surface area contributed by atoms with Gasteiger partial charge in [0.25, 0.3) is 0 Å². The number of nitrogens with one attached hydrogen (secondary N) is 1. The van der Waals surface area contributed by atoms with E-state index in [9.17, 15) is 9.59 Å². The standard InChI is InChI=1S/C10H16N4O2S/c1-3-7-5(2)17-10(13-7)14-9(16)6(11)4-8(12)15/h6H,3-4,11H2,1-2H3,(H2,12,15)(H,13,14,16). The minimum absolute atomic E-state index is 0.170. The second-order valence-corrected chi connectivity index (χ2v) is 4.84. The average Bonchev–Trinajstić information content (AvgIpc) is 2.57. The molecule has 1 aromatic heterocycles. The van der Waals surface area contributed by atoms with Gasteiger partial charge in [0.1, 0.15) is 0 Å². The summed E-state index contributed by atoms with van der Waals surface area (Å²) in [6.45, 7) is 3.93. The molecule has 2 amide bonds. The molecule has 0 bridgehead atoms. The molecule has 5 N–H and O–H groups in total. The number of hydrogen-bond donors (Lipinski definition) is 3. The van der Waals surface area contributed by atoms with Crippen LogP contribution in [0.4, 0.5) is 5.13 Å². The van der Waals surface area contributed by atoms with Crippen LogP contribution in [0.3, 0.4) is 0 Å². The van der Waals surface area contributed by atoms with Crippen molar-refractivity contribution in [3.05, 3.63) is 10.6 Å². The molecule has 1 heterocycles. The largest absolute Gasteiger partial charge is 0.370 e. The van der Waals surface area contributed by atoms with Gasteiger partial charge < -0.3 is 16.8 Å². The predicted octanol–water partition coefficient (Wildman–Crippen LogP) is 0.155. The maximum Gasteiger partial charge on any atom is 0.243 e. The normalized spacial score (nSPS) is 12.2. The summed E-state index contributed by atoms with van der Waals surface area (Å²) in [7, 11) is 0. The van der Waals surface area contributed by atoms with E-state index in [1.54, 1.807) is 0 Å². The first-order valence-electron chi connectivity index (χ1n) is 5.25. The Morgan fingerprint density at radius 2 is 2.18 bits per heavy atom. The summed E-state index contributed by atoms with van der Waals surface area (Å²) in [5.74, 6) is -1.04. The summed E-state index contributed by atoms with van der Waals surface area (Å²) in [6, 6.07) is -0.929. The Morgan fingerprint density at radius 3 is 2.65 bits per heavy atom. The number of aryl methyl sites for hydroxylation is 2. The zero-order valence-electron chi connectivity index (χ0n) is 9.82. The summed E-state index contributed by atoms with van der Waals surface area (Å²) in [5.41, 5.74) is 11.4. The Morgan fingerprint density at radius 1 is 1.53 bits per heavy atom. The zero-order valence-corrected chi connectivity index (χ0v) is 10.6. The van der Waals surface area contributed by atoms with Gasteiger partial charge in [0.15, 0.2) is 5.13 Å². The maximum atomic E-state index is 11.6. The predicted molar refractivity (Wildman–Crippen MR) is 66.6 cm³/mol. The van der Waals surface area contributed by atoms with E-state index in [1.807, 2.05) is 13.8 Å². The smallest absolute Gasteiger partial charge is 0.243 e. The summed E-state index contributed by atoms with van der Waals surface area (Å²) in [4.78, 5) is 27.5. The fraction of sp³-hybridized carbons (Fsp3) is 0.500. The molecule has 0 spiro atoms. The number of carbonyl (C=O) groups excluding carboxylic acids is 2. The number of carbonyl (C=O) groups is 2. The van der Waals surface area contributed by atoms with Crippen LogP contribution in [0.1, 0.15) is 23.9 Å². The van der Waals surface area contributed by atoms with Crippen molar-refractivity contribution < 1.29 is 9.59 Å². The molecule has 1 rings (SSSR count). The van der Waals surface area contributed by atoms with Gasteiger partial charge in [0, 0.05) is 4.88 Å². The molecule has 0 aliphatic rings. The van der Waals surface area contributed by atoms with Crippen molar-refractivity contribution in [3.63, 3.8) is 0 Å². The molecule has 7 heteroatoms. The Hall–Kier alpha value is -1.47. The molecule has 0 saturated heterocycles. The number of thiazole rings is 1. The number of nitrogens with two attached hydrogens (primary N) is 2. The summed E-state index contributed by atoms with van der Waals surface area (Å²) >= 11 is 1.39. The Labute approximate surface area is 103 Å². The number of primary amides is 1. The quantitative estimate of drug-likeness (QED) is 0.696. The molecule has 0 radical (unpaired) electrons. The number of anilines is 1. The van der Waals surface area contributed by atoms with Crippen LogP contribution in [0.2, 0.25) is 0 Å². The van der Waals surface area contributed by atoms with E-state index in [2.05, 4.69) is 10.3 Å². The van der Waals surface area contributed by atoms with Gasteiger partial charge in [-0.2, -0.15) is 0 Å². The third kappa shape index (κ3) is 3.79.